The molecule has 0 aliphatic carbocycles. The second-order valence-corrected chi connectivity index (χ2v) is 5.09. The van der Waals surface area contributed by atoms with Crippen LogP contribution in [-0.2, 0) is 4.79 Å². The van der Waals surface area contributed by atoms with E-state index in [-0.39, 0.29) is 0 Å². The Labute approximate surface area is 136 Å². The molecule has 5 nitrogen and oxygen atoms in total. The minimum atomic E-state index is 0.465. The summed E-state index contributed by atoms with van der Waals surface area (Å²) in [5.41, 5.74) is 11.6. The molecule has 0 radical (unpaired) electrons. The van der Waals surface area contributed by atoms with Crippen LogP contribution in [0.1, 0.15) is 12.0 Å². The van der Waals surface area contributed by atoms with Gasteiger partial charge in [-0.25, -0.2) is 0 Å². The Kier molecular flexibility index (Phi) is 5.74. The fourth-order valence-corrected chi connectivity index (χ4v) is 2.44. The first-order valence-corrected chi connectivity index (χ1v) is 7.51. The number of nitrogens with one attached hydrogen (secondary N) is 2. The number of nitrogens with two attached hydrogens (primary N) is 1. The molecule has 23 heavy (non-hydrogen) atoms. The first kappa shape index (κ1) is 16.5. The van der Waals surface area contributed by atoms with E-state index in [4.69, 9.17) is 5.73 Å². The maximum absolute atomic E-state index is 10.6. The monoisotopic (exact) mass is 310 g/mol. The molecule has 5 heteroatoms. The Bertz CT molecular complexity index is 710. The van der Waals surface area contributed by atoms with Crippen molar-refractivity contribution in [3.8, 4) is 11.1 Å². The topological polar surface area (TPSA) is 79.5 Å². The SMILES string of the molecule is CN=Cc1cc(-c2cccc(NC)c2NCCC=O)ccc1N. The molecule has 2 aromatic carbocycles. The van der Waals surface area contributed by atoms with E-state index in [0.29, 0.717) is 18.7 Å². The minimum absolute atomic E-state index is 0.465. The summed E-state index contributed by atoms with van der Waals surface area (Å²) in [5.74, 6) is 0. The molecule has 0 fully saturated rings. The normalized spacial score (nSPS) is 10.7. The maximum atomic E-state index is 10.6. The van der Waals surface area contributed by atoms with Gasteiger partial charge in [-0.05, 0) is 23.8 Å². The summed E-state index contributed by atoms with van der Waals surface area (Å²) in [7, 11) is 3.60. The van der Waals surface area contributed by atoms with Crippen molar-refractivity contribution < 1.29 is 4.79 Å². The molecular formula is C18H22N4O. The van der Waals surface area contributed by atoms with Crippen LogP contribution in [-0.4, -0.2) is 33.1 Å². The van der Waals surface area contributed by atoms with Crippen molar-refractivity contribution in [3.63, 3.8) is 0 Å². The average Bonchev–Trinajstić information content (AvgIpc) is 2.57. The zero-order chi connectivity index (χ0) is 16.7. The molecule has 0 aliphatic rings. The first-order chi connectivity index (χ1) is 11.2. The smallest absolute Gasteiger partial charge is 0.121 e. The molecule has 0 amide bonds. The predicted molar refractivity (Wildman–Crippen MR) is 98.5 cm³/mol. The molecule has 0 atom stereocenters. The van der Waals surface area contributed by atoms with E-state index < -0.39 is 0 Å². The van der Waals surface area contributed by atoms with Crippen LogP contribution in [0.25, 0.3) is 11.1 Å². The number of rotatable bonds is 7. The van der Waals surface area contributed by atoms with Crippen LogP contribution in [0.5, 0.6) is 0 Å². The maximum Gasteiger partial charge on any atom is 0.121 e. The number of carbonyl (C=O) groups is 1. The molecule has 4 N–H and O–H groups in total. The second-order valence-electron chi connectivity index (χ2n) is 5.09. The molecule has 0 saturated carbocycles. The summed E-state index contributed by atoms with van der Waals surface area (Å²) in [6.07, 6.45) is 3.13. The number of anilines is 3. The highest BCUT2D eigenvalue weighted by atomic mass is 16.1. The third kappa shape index (κ3) is 3.88. The van der Waals surface area contributed by atoms with Crippen molar-refractivity contribution in [1.29, 1.82) is 0 Å². The van der Waals surface area contributed by atoms with Crippen molar-refractivity contribution in [2.75, 3.05) is 37.0 Å². The van der Waals surface area contributed by atoms with E-state index in [1.165, 1.54) is 0 Å². The molecule has 2 aromatic rings. The van der Waals surface area contributed by atoms with Crippen molar-refractivity contribution >= 4 is 29.6 Å². The Morgan fingerprint density at radius 1 is 1.26 bits per heavy atom. The van der Waals surface area contributed by atoms with Crippen LogP contribution in [0.2, 0.25) is 0 Å². The summed E-state index contributed by atoms with van der Waals surface area (Å²) in [6.45, 7) is 0.591. The Balaban J connectivity index is 2.49. The number of carbonyl (C=O) groups excluding carboxylic acids is 1. The largest absolute Gasteiger partial charge is 0.398 e. The molecule has 0 spiro atoms. The highest BCUT2D eigenvalue weighted by molar-refractivity contribution is 5.93. The van der Waals surface area contributed by atoms with Crippen LogP contribution in [0, 0.1) is 0 Å². The van der Waals surface area contributed by atoms with E-state index in [1.807, 2.05) is 43.4 Å². The molecule has 120 valence electrons. The number of hydrogen-bond acceptors (Lipinski definition) is 5. The fraction of sp³-hybridized carbons (Fsp3) is 0.222. The van der Waals surface area contributed by atoms with Crippen molar-refractivity contribution in [3.05, 3.63) is 42.0 Å². The van der Waals surface area contributed by atoms with Gasteiger partial charge in [0.05, 0.1) is 11.4 Å². The summed E-state index contributed by atoms with van der Waals surface area (Å²) < 4.78 is 0. The molecule has 0 bridgehead atoms. The lowest BCUT2D eigenvalue weighted by atomic mass is 9.99. The van der Waals surface area contributed by atoms with Gasteiger partial charge in [0.1, 0.15) is 6.29 Å². The van der Waals surface area contributed by atoms with Crippen molar-refractivity contribution in [1.82, 2.24) is 0 Å². The lowest BCUT2D eigenvalue weighted by Gasteiger charge is -2.17. The molecule has 0 aliphatic heterocycles. The van der Waals surface area contributed by atoms with E-state index >= 15 is 0 Å². The summed E-state index contributed by atoms with van der Waals surface area (Å²) >= 11 is 0. The molecular weight excluding hydrogens is 288 g/mol. The van der Waals surface area contributed by atoms with Crippen LogP contribution in [0.15, 0.2) is 41.4 Å². The highest BCUT2D eigenvalue weighted by Gasteiger charge is 2.10. The van der Waals surface area contributed by atoms with Gasteiger partial charge < -0.3 is 21.2 Å². The van der Waals surface area contributed by atoms with Crippen LogP contribution >= 0.6 is 0 Å². The Morgan fingerprint density at radius 3 is 2.78 bits per heavy atom. The van der Waals surface area contributed by atoms with Crippen LogP contribution in [0.3, 0.4) is 0 Å². The molecule has 0 aromatic heterocycles. The summed E-state index contributed by atoms with van der Waals surface area (Å²) in [4.78, 5) is 14.6. The van der Waals surface area contributed by atoms with Gasteiger partial charge in [-0.3, -0.25) is 4.99 Å². The number of nitrogen functional groups attached to an aromatic ring is 1. The standard InChI is InChI=1S/C18H22N4O/c1-20-12-14-11-13(7-8-16(14)19)15-5-3-6-17(21-2)18(15)22-9-4-10-23/h3,5-8,10-12,21-22H,4,9,19H2,1-2H3. The van der Waals surface area contributed by atoms with Crippen LogP contribution < -0.4 is 16.4 Å². The Morgan fingerprint density at radius 2 is 2.09 bits per heavy atom. The van der Waals surface area contributed by atoms with Crippen molar-refractivity contribution in [2.24, 2.45) is 4.99 Å². The number of benzene rings is 2. The summed E-state index contributed by atoms with van der Waals surface area (Å²) in [5, 5.41) is 6.52. The van der Waals surface area contributed by atoms with Gasteiger partial charge in [-0.15, -0.1) is 0 Å². The highest BCUT2D eigenvalue weighted by Crippen LogP contribution is 2.35. The van der Waals surface area contributed by atoms with Gasteiger partial charge in [0.25, 0.3) is 0 Å². The van der Waals surface area contributed by atoms with Gasteiger partial charge >= 0.3 is 0 Å². The van der Waals surface area contributed by atoms with Gasteiger partial charge in [0.2, 0.25) is 0 Å². The van der Waals surface area contributed by atoms with E-state index in [1.54, 1.807) is 13.3 Å². The minimum Gasteiger partial charge on any atom is -0.398 e. The second kappa shape index (κ2) is 7.98. The number of para-hydroxylation sites is 1. The van der Waals surface area contributed by atoms with E-state index in [2.05, 4.69) is 15.6 Å². The number of aliphatic imine (C=N–C) groups is 1. The van der Waals surface area contributed by atoms with Gasteiger partial charge in [-0.1, -0.05) is 18.2 Å². The van der Waals surface area contributed by atoms with Crippen LogP contribution in [0.4, 0.5) is 17.1 Å². The zero-order valence-electron chi connectivity index (χ0n) is 13.5. The van der Waals surface area contributed by atoms with Crippen molar-refractivity contribution in [2.45, 2.75) is 6.42 Å². The third-order valence-electron chi connectivity index (χ3n) is 3.56. The first-order valence-electron chi connectivity index (χ1n) is 7.51. The third-order valence-corrected chi connectivity index (χ3v) is 3.56. The number of aldehydes is 1. The van der Waals surface area contributed by atoms with E-state index in [9.17, 15) is 4.79 Å². The van der Waals surface area contributed by atoms with Gasteiger partial charge in [0.15, 0.2) is 0 Å². The number of hydrogen-bond donors (Lipinski definition) is 3. The molecule has 2 rings (SSSR count). The van der Waals surface area contributed by atoms with E-state index in [0.717, 1.165) is 34.4 Å². The fourth-order valence-electron chi connectivity index (χ4n) is 2.44. The molecule has 0 heterocycles. The lowest BCUT2D eigenvalue weighted by molar-refractivity contribution is -0.107. The van der Waals surface area contributed by atoms with Gasteiger partial charge in [0, 0.05) is 50.1 Å². The Hall–Kier alpha value is -2.82. The average molecular weight is 310 g/mol. The lowest BCUT2D eigenvalue weighted by Crippen LogP contribution is -2.06. The molecule has 0 unspecified atom stereocenters. The zero-order valence-corrected chi connectivity index (χ0v) is 13.5. The molecule has 0 saturated heterocycles. The number of nitrogens with zero attached hydrogens (tertiary/aromatic N) is 1. The van der Waals surface area contributed by atoms with Gasteiger partial charge in [-0.2, -0.15) is 0 Å². The quantitative estimate of drug-likeness (QED) is 0.318. The predicted octanol–water partition coefficient (Wildman–Crippen LogP) is 3.03. The summed E-state index contributed by atoms with van der Waals surface area (Å²) in [6, 6.07) is 11.9.